The van der Waals surface area contributed by atoms with Crippen LogP contribution in [-0.2, 0) is 0 Å². The van der Waals surface area contributed by atoms with Crippen LogP contribution in [0.1, 0.15) is 32.4 Å². The molecule has 1 rings (SSSR count). The van der Waals surface area contributed by atoms with Crippen LogP contribution in [0, 0.1) is 6.92 Å². The number of hydrogen-bond acceptors (Lipinski definition) is 1. The van der Waals surface area contributed by atoms with E-state index in [0.717, 1.165) is 6.54 Å². The lowest BCUT2D eigenvalue weighted by Gasteiger charge is -2.12. The maximum atomic E-state index is 3.38. The maximum absolute atomic E-state index is 3.38. The van der Waals surface area contributed by atoms with E-state index < -0.39 is 0 Å². The second-order valence-electron chi connectivity index (χ2n) is 3.19. The summed E-state index contributed by atoms with van der Waals surface area (Å²) in [7, 11) is 0. The number of aryl methyl sites for hydroxylation is 1. The molecule has 1 aromatic rings. The Morgan fingerprint density at radius 2 is 1.92 bits per heavy atom. The van der Waals surface area contributed by atoms with Gasteiger partial charge >= 0.3 is 0 Å². The van der Waals surface area contributed by atoms with Crippen molar-refractivity contribution in [2.75, 3.05) is 6.54 Å². The summed E-state index contributed by atoms with van der Waals surface area (Å²) in [5.74, 6) is 0. The van der Waals surface area contributed by atoms with Gasteiger partial charge in [-0.2, -0.15) is 0 Å². The molecule has 0 saturated carbocycles. The Balaban J connectivity index is 0.00000144. The standard InChI is InChI=1S/C11H17N.H2/c1-4-12-10(3)11-7-5-9(2)6-8-11;/h5-8,10,12H,4H2,1-3H3;1H/t10-;/m0./s1. The van der Waals surface area contributed by atoms with E-state index in [4.69, 9.17) is 0 Å². The smallest absolute Gasteiger partial charge is 0.0291 e. The van der Waals surface area contributed by atoms with E-state index >= 15 is 0 Å². The molecule has 0 saturated heterocycles. The van der Waals surface area contributed by atoms with E-state index in [1.165, 1.54) is 11.1 Å². The Kier molecular flexibility index (Phi) is 3.30. The highest BCUT2D eigenvalue weighted by Gasteiger charge is 2.01. The third-order valence-electron chi connectivity index (χ3n) is 2.09. The number of benzene rings is 1. The van der Waals surface area contributed by atoms with Gasteiger partial charge in [-0.3, -0.25) is 0 Å². The Morgan fingerprint density at radius 1 is 1.33 bits per heavy atom. The van der Waals surface area contributed by atoms with Crippen molar-refractivity contribution in [3.05, 3.63) is 35.4 Å². The molecule has 1 heteroatoms. The molecule has 0 aromatic heterocycles. The van der Waals surface area contributed by atoms with Crippen LogP contribution in [0.4, 0.5) is 0 Å². The van der Waals surface area contributed by atoms with Crippen molar-refractivity contribution in [1.29, 1.82) is 0 Å². The summed E-state index contributed by atoms with van der Waals surface area (Å²) in [5.41, 5.74) is 2.69. The first kappa shape index (κ1) is 9.27. The first-order valence-electron chi connectivity index (χ1n) is 4.54. The molecule has 0 spiro atoms. The molecule has 0 aliphatic rings. The molecule has 68 valence electrons. The van der Waals surface area contributed by atoms with Crippen LogP contribution in [0.15, 0.2) is 24.3 Å². The molecule has 0 radical (unpaired) electrons. The molecule has 1 N–H and O–H groups in total. The second-order valence-corrected chi connectivity index (χ2v) is 3.19. The maximum Gasteiger partial charge on any atom is 0.0291 e. The van der Waals surface area contributed by atoms with Crippen molar-refractivity contribution in [3.8, 4) is 0 Å². The highest BCUT2D eigenvalue weighted by molar-refractivity contribution is 5.23. The minimum Gasteiger partial charge on any atom is -0.310 e. The third kappa shape index (κ3) is 2.35. The lowest BCUT2D eigenvalue weighted by molar-refractivity contribution is 0.598. The average Bonchev–Trinajstić information content (AvgIpc) is 2.06. The summed E-state index contributed by atoms with van der Waals surface area (Å²) in [6, 6.07) is 9.15. The number of nitrogens with one attached hydrogen (secondary N) is 1. The third-order valence-corrected chi connectivity index (χ3v) is 2.09. The van der Waals surface area contributed by atoms with Gasteiger partial charge in [0.05, 0.1) is 0 Å². The van der Waals surface area contributed by atoms with Crippen molar-refractivity contribution in [3.63, 3.8) is 0 Å². The van der Waals surface area contributed by atoms with Crippen molar-refractivity contribution >= 4 is 0 Å². The van der Waals surface area contributed by atoms with Crippen molar-refractivity contribution in [2.45, 2.75) is 26.8 Å². The monoisotopic (exact) mass is 165 g/mol. The van der Waals surface area contributed by atoms with Gasteiger partial charge in [-0.25, -0.2) is 0 Å². The van der Waals surface area contributed by atoms with Crippen LogP contribution < -0.4 is 5.32 Å². The lowest BCUT2D eigenvalue weighted by atomic mass is 10.1. The SMILES string of the molecule is CCN[C@@H](C)c1ccc(C)cc1.[HH]. The number of rotatable bonds is 3. The highest BCUT2D eigenvalue weighted by atomic mass is 14.9. The first-order chi connectivity index (χ1) is 5.74. The molecule has 1 atom stereocenters. The fraction of sp³-hybridized carbons (Fsp3) is 0.455. The van der Waals surface area contributed by atoms with Crippen molar-refractivity contribution in [1.82, 2.24) is 5.32 Å². The normalized spacial score (nSPS) is 12.9. The van der Waals surface area contributed by atoms with Gasteiger partial charge in [-0.1, -0.05) is 36.8 Å². The zero-order valence-corrected chi connectivity index (χ0v) is 8.09. The predicted molar refractivity (Wildman–Crippen MR) is 55.4 cm³/mol. The number of hydrogen-bond donors (Lipinski definition) is 1. The summed E-state index contributed by atoms with van der Waals surface area (Å²) >= 11 is 0. The van der Waals surface area contributed by atoms with E-state index in [9.17, 15) is 0 Å². The fourth-order valence-electron chi connectivity index (χ4n) is 1.28. The van der Waals surface area contributed by atoms with Crippen LogP contribution in [0.2, 0.25) is 0 Å². The second kappa shape index (κ2) is 4.27. The van der Waals surface area contributed by atoms with E-state index in [1.54, 1.807) is 0 Å². The summed E-state index contributed by atoms with van der Waals surface area (Å²) in [6.45, 7) is 7.45. The molecular formula is C11H19N. The van der Waals surface area contributed by atoms with Crippen LogP contribution in [0.5, 0.6) is 0 Å². The van der Waals surface area contributed by atoms with Gasteiger partial charge < -0.3 is 5.32 Å². The molecule has 0 heterocycles. The minimum atomic E-state index is 0. The molecule has 0 aliphatic carbocycles. The van der Waals surface area contributed by atoms with E-state index in [-0.39, 0.29) is 1.43 Å². The van der Waals surface area contributed by atoms with Crippen LogP contribution >= 0.6 is 0 Å². The van der Waals surface area contributed by atoms with Gasteiger partial charge in [0.1, 0.15) is 0 Å². The van der Waals surface area contributed by atoms with Crippen molar-refractivity contribution in [2.24, 2.45) is 0 Å². The Bertz CT molecular complexity index is 230. The van der Waals surface area contributed by atoms with Crippen LogP contribution in [0.3, 0.4) is 0 Å². The molecule has 1 nitrogen and oxygen atoms in total. The zero-order chi connectivity index (χ0) is 8.97. The summed E-state index contributed by atoms with van der Waals surface area (Å²) in [6.07, 6.45) is 0. The predicted octanol–water partition coefficient (Wildman–Crippen LogP) is 2.91. The molecule has 0 fully saturated rings. The summed E-state index contributed by atoms with van der Waals surface area (Å²) < 4.78 is 0. The van der Waals surface area contributed by atoms with Gasteiger partial charge in [0, 0.05) is 7.47 Å². The minimum absolute atomic E-state index is 0. The van der Waals surface area contributed by atoms with Gasteiger partial charge in [-0.15, -0.1) is 0 Å². The largest absolute Gasteiger partial charge is 0.310 e. The molecule has 0 bridgehead atoms. The topological polar surface area (TPSA) is 12.0 Å². The Hall–Kier alpha value is -0.820. The lowest BCUT2D eigenvalue weighted by Crippen LogP contribution is -2.17. The molecule has 1 aromatic carbocycles. The Labute approximate surface area is 76.3 Å². The summed E-state index contributed by atoms with van der Waals surface area (Å²) in [5, 5.41) is 3.38. The molecule has 12 heavy (non-hydrogen) atoms. The summed E-state index contributed by atoms with van der Waals surface area (Å²) in [4.78, 5) is 0. The fourth-order valence-corrected chi connectivity index (χ4v) is 1.28. The van der Waals surface area contributed by atoms with Gasteiger partial charge in [0.2, 0.25) is 0 Å². The average molecular weight is 165 g/mol. The van der Waals surface area contributed by atoms with Gasteiger partial charge in [0.15, 0.2) is 0 Å². The quantitative estimate of drug-likeness (QED) is 0.726. The zero-order valence-electron chi connectivity index (χ0n) is 8.09. The Morgan fingerprint density at radius 3 is 2.42 bits per heavy atom. The highest BCUT2D eigenvalue weighted by Crippen LogP contribution is 2.12. The molecule has 0 aliphatic heterocycles. The van der Waals surface area contributed by atoms with E-state index in [0.29, 0.717) is 6.04 Å². The van der Waals surface area contributed by atoms with Crippen LogP contribution in [-0.4, -0.2) is 6.54 Å². The van der Waals surface area contributed by atoms with E-state index in [2.05, 4.69) is 50.4 Å². The molecule has 0 unspecified atom stereocenters. The van der Waals surface area contributed by atoms with Crippen molar-refractivity contribution < 1.29 is 1.43 Å². The first-order valence-corrected chi connectivity index (χ1v) is 4.54. The van der Waals surface area contributed by atoms with Gasteiger partial charge in [-0.05, 0) is 26.0 Å². The molecule has 0 amide bonds. The van der Waals surface area contributed by atoms with E-state index in [1.807, 2.05) is 0 Å². The molecular weight excluding hydrogens is 146 g/mol. The van der Waals surface area contributed by atoms with Gasteiger partial charge in [0.25, 0.3) is 0 Å². The van der Waals surface area contributed by atoms with Crippen LogP contribution in [0.25, 0.3) is 0 Å².